The van der Waals surface area contributed by atoms with E-state index in [9.17, 15) is 14.9 Å². The lowest BCUT2D eigenvalue weighted by atomic mass is 10.1. The summed E-state index contributed by atoms with van der Waals surface area (Å²) in [6.45, 7) is 1.89. The largest absolute Gasteiger partial charge is 0.481 e. The molecule has 0 saturated carbocycles. The van der Waals surface area contributed by atoms with E-state index in [1.807, 2.05) is 6.92 Å². The van der Waals surface area contributed by atoms with Crippen LogP contribution in [-0.2, 0) is 4.79 Å². The van der Waals surface area contributed by atoms with Crippen molar-refractivity contribution in [1.29, 1.82) is 0 Å². The SMILES string of the molecule is CCC(CC(=O)O)Nc1ccc2cc([N+](=O)[O-])ccc2n1. The summed E-state index contributed by atoms with van der Waals surface area (Å²) in [6.07, 6.45) is 0.669. The molecule has 0 bridgehead atoms. The van der Waals surface area contributed by atoms with Crippen LogP contribution in [0.25, 0.3) is 10.9 Å². The third-order valence-corrected chi connectivity index (χ3v) is 3.15. The van der Waals surface area contributed by atoms with Crippen LogP contribution in [0, 0.1) is 10.1 Å². The van der Waals surface area contributed by atoms with Crippen molar-refractivity contribution in [3.63, 3.8) is 0 Å². The van der Waals surface area contributed by atoms with Crippen molar-refractivity contribution in [3.8, 4) is 0 Å². The number of non-ortho nitro benzene ring substituents is 1. The number of carbonyl (C=O) groups is 1. The number of nitro groups is 1. The van der Waals surface area contributed by atoms with Crippen LogP contribution in [-0.4, -0.2) is 27.0 Å². The van der Waals surface area contributed by atoms with Gasteiger partial charge in [0.25, 0.3) is 5.69 Å². The second-order valence-electron chi connectivity index (χ2n) is 4.68. The first-order valence-electron chi connectivity index (χ1n) is 6.53. The maximum absolute atomic E-state index is 10.7. The molecule has 1 unspecified atom stereocenters. The molecule has 2 rings (SSSR count). The van der Waals surface area contributed by atoms with Gasteiger partial charge in [-0.15, -0.1) is 0 Å². The number of anilines is 1. The lowest BCUT2D eigenvalue weighted by Crippen LogP contribution is -2.22. The highest BCUT2D eigenvalue weighted by Gasteiger charge is 2.12. The molecule has 1 atom stereocenters. The fraction of sp³-hybridized carbons (Fsp3) is 0.286. The van der Waals surface area contributed by atoms with Gasteiger partial charge in [0, 0.05) is 23.6 Å². The van der Waals surface area contributed by atoms with E-state index in [0.717, 1.165) is 0 Å². The Hall–Kier alpha value is -2.70. The summed E-state index contributed by atoms with van der Waals surface area (Å²) < 4.78 is 0. The summed E-state index contributed by atoms with van der Waals surface area (Å²) in [5.74, 6) is -0.310. The Morgan fingerprint density at radius 1 is 1.43 bits per heavy atom. The lowest BCUT2D eigenvalue weighted by Gasteiger charge is -2.15. The van der Waals surface area contributed by atoms with Gasteiger partial charge in [0.2, 0.25) is 0 Å². The molecule has 1 aromatic heterocycles. The number of carboxylic acid groups (broad SMARTS) is 1. The van der Waals surface area contributed by atoms with E-state index in [-0.39, 0.29) is 18.2 Å². The predicted octanol–water partition coefficient (Wildman–Crippen LogP) is 2.81. The molecule has 0 radical (unpaired) electrons. The normalized spacial score (nSPS) is 12.0. The number of nitrogens with zero attached hydrogens (tertiary/aromatic N) is 2. The monoisotopic (exact) mass is 289 g/mol. The zero-order valence-electron chi connectivity index (χ0n) is 11.4. The first-order valence-corrected chi connectivity index (χ1v) is 6.53. The first kappa shape index (κ1) is 14.7. The van der Waals surface area contributed by atoms with Crippen molar-refractivity contribution in [2.75, 3.05) is 5.32 Å². The molecule has 0 amide bonds. The van der Waals surface area contributed by atoms with E-state index >= 15 is 0 Å². The van der Waals surface area contributed by atoms with Gasteiger partial charge in [-0.05, 0) is 24.6 Å². The summed E-state index contributed by atoms with van der Waals surface area (Å²) in [5, 5.41) is 23.3. The van der Waals surface area contributed by atoms with Crippen LogP contribution in [0.15, 0.2) is 30.3 Å². The number of aromatic nitrogens is 1. The molecule has 0 saturated heterocycles. The second kappa shape index (κ2) is 6.17. The summed E-state index contributed by atoms with van der Waals surface area (Å²) in [6, 6.07) is 7.65. The van der Waals surface area contributed by atoms with Crippen LogP contribution in [0.1, 0.15) is 19.8 Å². The molecular formula is C14H15N3O4. The van der Waals surface area contributed by atoms with Crippen molar-refractivity contribution in [2.45, 2.75) is 25.8 Å². The van der Waals surface area contributed by atoms with E-state index in [0.29, 0.717) is 23.1 Å². The van der Waals surface area contributed by atoms with Crippen LogP contribution in [0.2, 0.25) is 0 Å². The minimum Gasteiger partial charge on any atom is -0.481 e. The average Bonchev–Trinajstić information content (AvgIpc) is 2.45. The number of rotatable bonds is 6. The Morgan fingerprint density at radius 3 is 2.81 bits per heavy atom. The molecule has 1 aromatic carbocycles. The van der Waals surface area contributed by atoms with Crippen LogP contribution in [0.4, 0.5) is 11.5 Å². The zero-order valence-corrected chi connectivity index (χ0v) is 11.4. The Bertz CT molecular complexity index is 687. The van der Waals surface area contributed by atoms with Crippen LogP contribution >= 0.6 is 0 Å². The van der Waals surface area contributed by atoms with Gasteiger partial charge in [0.15, 0.2) is 0 Å². The molecule has 2 N–H and O–H groups in total. The molecule has 2 aromatic rings. The molecule has 7 nitrogen and oxygen atoms in total. The highest BCUT2D eigenvalue weighted by atomic mass is 16.6. The number of benzene rings is 1. The van der Waals surface area contributed by atoms with Crippen molar-refractivity contribution in [2.24, 2.45) is 0 Å². The van der Waals surface area contributed by atoms with Gasteiger partial charge in [-0.3, -0.25) is 14.9 Å². The van der Waals surface area contributed by atoms with Crippen molar-refractivity contribution in [1.82, 2.24) is 4.98 Å². The molecular weight excluding hydrogens is 274 g/mol. The van der Waals surface area contributed by atoms with E-state index in [1.165, 1.54) is 12.1 Å². The molecule has 0 fully saturated rings. The summed E-state index contributed by atoms with van der Waals surface area (Å²) >= 11 is 0. The van der Waals surface area contributed by atoms with E-state index in [4.69, 9.17) is 5.11 Å². The summed E-state index contributed by atoms with van der Waals surface area (Å²) in [5.41, 5.74) is 0.637. The number of aliphatic carboxylic acids is 1. The molecule has 0 aliphatic rings. The number of carboxylic acids is 1. The van der Waals surface area contributed by atoms with Crippen molar-refractivity contribution < 1.29 is 14.8 Å². The summed E-state index contributed by atoms with van der Waals surface area (Å²) in [4.78, 5) is 25.4. The maximum Gasteiger partial charge on any atom is 0.305 e. The molecule has 21 heavy (non-hydrogen) atoms. The molecule has 0 aliphatic carbocycles. The Balaban J connectivity index is 2.24. The van der Waals surface area contributed by atoms with Gasteiger partial charge in [0.05, 0.1) is 16.9 Å². The standard InChI is InChI=1S/C14H15N3O4/c1-2-10(8-14(18)19)15-13-6-3-9-7-11(17(20)21)4-5-12(9)16-13/h3-7,10H,2,8H2,1H3,(H,15,16)(H,18,19). The fourth-order valence-corrected chi connectivity index (χ4v) is 2.02. The van der Waals surface area contributed by atoms with E-state index < -0.39 is 10.9 Å². The van der Waals surface area contributed by atoms with Gasteiger partial charge < -0.3 is 10.4 Å². The number of pyridine rings is 1. The number of nitrogens with one attached hydrogen (secondary N) is 1. The van der Waals surface area contributed by atoms with Crippen molar-refractivity contribution in [3.05, 3.63) is 40.4 Å². The first-order chi connectivity index (χ1) is 9.99. The highest BCUT2D eigenvalue weighted by Crippen LogP contribution is 2.21. The average molecular weight is 289 g/mol. The van der Waals surface area contributed by atoms with E-state index in [1.54, 1.807) is 18.2 Å². The fourth-order valence-electron chi connectivity index (χ4n) is 2.02. The molecule has 1 heterocycles. The zero-order chi connectivity index (χ0) is 15.4. The number of nitro benzene ring substituents is 1. The number of hydrogen-bond acceptors (Lipinski definition) is 5. The number of fused-ring (bicyclic) bond motifs is 1. The molecule has 0 spiro atoms. The maximum atomic E-state index is 10.7. The highest BCUT2D eigenvalue weighted by molar-refractivity contribution is 5.82. The van der Waals surface area contributed by atoms with Gasteiger partial charge in [-0.1, -0.05) is 6.92 Å². The minimum absolute atomic E-state index is 0.0104. The lowest BCUT2D eigenvalue weighted by molar-refractivity contribution is -0.384. The van der Waals surface area contributed by atoms with E-state index in [2.05, 4.69) is 10.3 Å². The van der Waals surface area contributed by atoms with Gasteiger partial charge in [-0.2, -0.15) is 0 Å². The third kappa shape index (κ3) is 3.65. The molecule has 110 valence electrons. The molecule has 0 aliphatic heterocycles. The smallest absolute Gasteiger partial charge is 0.305 e. The van der Waals surface area contributed by atoms with Crippen LogP contribution in [0.3, 0.4) is 0 Å². The number of hydrogen-bond donors (Lipinski definition) is 2. The predicted molar refractivity (Wildman–Crippen MR) is 78.4 cm³/mol. The van der Waals surface area contributed by atoms with Gasteiger partial charge in [0.1, 0.15) is 5.82 Å². The van der Waals surface area contributed by atoms with Crippen molar-refractivity contribution >= 4 is 28.4 Å². The van der Waals surface area contributed by atoms with Crippen LogP contribution < -0.4 is 5.32 Å². The van der Waals surface area contributed by atoms with Gasteiger partial charge >= 0.3 is 5.97 Å². The summed E-state index contributed by atoms with van der Waals surface area (Å²) in [7, 11) is 0. The Kier molecular flexibility index (Phi) is 4.32. The van der Waals surface area contributed by atoms with Gasteiger partial charge in [-0.25, -0.2) is 4.98 Å². The minimum atomic E-state index is -0.870. The topological polar surface area (TPSA) is 105 Å². The Morgan fingerprint density at radius 2 is 2.19 bits per heavy atom. The second-order valence-corrected chi connectivity index (χ2v) is 4.68. The quantitative estimate of drug-likeness (QED) is 0.625. The molecule has 7 heteroatoms. The third-order valence-electron chi connectivity index (χ3n) is 3.15. The van der Waals surface area contributed by atoms with Crippen LogP contribution in [0.5, 0.6) is 0 Å². The Labute approximate surface area is 120 Å².